The zero-order valence-electron chi connectivity index (χ0n) is 20.7. The van der Waals surface area contributed by atoms with E-state index in [1.165, 1.54) is 0 Å². The largest absolute Gasteiger partial charge is 0.496 e. The molecule has 4 fully saturated rings. The van der Waals surface area contributed by atoms with Gasteiger partial charge in [-0.1, -0.05) is 6.07 Å². The van der Waals surface area contributed by atoms with Crippen LogP contribution in [-0.4, -0.2) is 77.4 Å². The number of methoxy groups -OCH3 is 1. The Morgan fingerprint density at radius 1 is 1.22 bits per heavy atom. The van der Waals surface area contributed by atoms with Crippen LogP contribution in [-0.2, 0) is 14.4 Å². The van der Waals surface area contributed by atoms with E-state index in [-0.39, 0.29) is 36.0 Å². The lowest BCUT2D eigenvalue weighted by atomic mass is 9.88. The molecule has 4 N–H and O–H groups in total. The van der Waals surface area contributed by atoms with Crippen molar-refractivity contribution in [2.45, 2.75) is 37.8 Å². The third kappa shape index (κ3) is 4.07. The minimum atomic E-state index is -0.976. The number of rotatable bonds is 8. The van der Waals surface area contributed by atoms with Crippen LogP contribution < -0.4 is 15.4 Å². The van der Waals surface area contributed by atoms with E-state index in [9.17, 15) is 24.3 Å². The molecule has 3 amide bonds. The second-order valence-corrected chi connectivity index (χ2v) is 10.9. The van der Waals surface area contributed by atoms with Gasteiger partial charge in [-0.2, -0.15) is 0 Å². The molecule has 1 aromatic heterocycles. The topological polar surface area (TPSA) is 141 Å². The molecule has 0 unspecified atom stereocenters. The highest BCUT2D eigenvalue weighted by atomic mass is 16.5. The summed E-state index contributed by atoms with van der Waals surface area (Å²) in [5.41, 5.74) is 1.16. The monoisotopic (exact) mass is 508 g/mol. The van der Waals surface area contributed by atoms with Crippen molar-refractivity contribution in [2.75, 3.05) is 26.8 Å². The van der Waals surface area contributed by atoms with Crippen molar-refractivity contribution in [1.82, 2.24) is 20.5 Å². The van der Waals surface area contributed by atoms with Gasteiger partial charge >= 0.3 is 0 Å². The van der Waals surface area contributed by atoms with Gasteiger partial charge in [0, 0.05) is 29.9 Å². The smallest absolute Gasteiger partial charge is 0.271 e. The molecule has 0 radical (unpaired) electrons. The Morgan fingerprint density at radius 2 is 2.03 bits per heavy atom. The van der Waals surface area contributed by atoms with E-state index in [2.05, 4.69) is 15.6 Å². The summed E-state index contributed by atoms with van der Waals surface area (Å²) >= 11 is 0. The minimum absolute atomic E-state index is 0.0336. The van der Waals surface area contributed by atoms with Crippen LogP contribution in [0.4, 0.5) is 0 Å². The lowest BCUT2D eigenvalue weighted by Crippen LogP contribution is -2.53. The number of ether oxygens (including phenoxy) is 1. The molecule has 2 saturated carbocycles. The van der Waals surface area contributed by atoms with Gasteiger partial charge in [-0.05, 0) is 67.6 Å². The van der Waals surface area contributed by atoms with Crippen molar-refractivity contribution in [1.29, 1.82) is 0 Å². The molecule has 37 heavy (non-hydrogen) atoms. The van der Waals surface area contributed by atoms with E-state index in [0.717, 1.165) is 23.7 Å². The molecule has 2 saturated heterocycles. The third-order valence-corrected chi connectivity index (χ3v) is 8.95. The molecule has 2 aliphatic heterocycles. The Labute approximate surface area is 214 Å². The van der Waals surface area contributed by atoms with Gasteiger partial charge in [0.1, 0.15) is 24.1 Å². The van der Waals surface area contributed by atoms with Gasteiger partial charge < -0.3 is 30.4 Å². The number of carbonyl (C=O) groups excluding carboxylic acids is 4. The van der Waals surface area contributed by atoms with Crippen molar-refractivity contribution in [2.24, 2.45) is 29.6 Å². The van der Waals surface area contributed by atoms with Gasteiger partial charge in [0.2, 0.25) is 11.8 Å². The number of nitrogens with one attached hydrogen (secondary N) is 3. The summed E-state index contributed by atoms with van der Waals surface area (Å²) in [6, 6.07) is 5.63. The maximum absolute atomic E-state index is 13.8. The van der Waals surface area contributed by atoms with Gasteiger partial charge in [-0.15, -0.1) is 0 Å². The Balaban J connectivity index is 1.27. The third-order valence-electron chi connectivity index (χ3n) is 8.95. The lowest BCUT2D eigenvalue weighted by Gasteiger charge is -2.29. The number of aromatic amines is 1. The van der Waals surface area contributed by atoms with Crippen LogP contribution in [0, 0.1) is 29.6 Å². The predicted molar refractivity (Wildman–Crippen MR) is 133 cm³/mol. The fraction of sp³-hybridized carbons (Fsp3) is 0.556. The SMILES string of the molecule is COc1cccc2[nH]c(C(=O)N3C[C@@H]4[C@H]5C[C@H]5C[C@@H]4[C@H]3C(=O)N[C@@H](C[C@@H]3CCNC3=O)C(=O)CO)cc12. The summed E-state index contributed by atoms with van der Waals surface area (Å²) in [5, 5.41) is 15.9. The van der Waals surface area contributed by atoms with Crippen LogP contribution in [0.25, 0.3) is 10.9 Å². The first-order valence-corrected chi connectivity index (χ1v) is 13.1. The molecule has 3 heterocycles. The van der Waals surface area contributed by atoms with Gasteiger partial charge in [0.25, 0.3) is 5.91 Å². The summed E-state index contributed by atoms with van der Waals surface area (Å²) in [6.45, 7) is 0.308. The van der Waals surface area contributed by atoms with Crippen LogP contribution in [0.5, 0.6) is 5.75 Å². The standard InChI is InChI=1S/C27H32N4O6/c1-37-23-4-2-3-19-17(23)10-21(29-19)27(36)31-11-18-15-7-14(15)8-16(18)24(31)26(35)30-20(22(33)12-32)9-13-5-6-28-25(13)34/h2-4,10,13-16,18,20,24,29,32H,5-9,11-12H2,1H3,(H,28,34)(H,30,35)/t13-,14-,15-,16-,18+,20-,24-/m0/s1. The summed E-state index contributed by atoms with van der Waals surface area (Å²) in [5.74, 6) is 0.381. The quantitative estimate of drug-likeness (QED) is 0.417. The minimum Gasteiger partial charge on any atom is -0.496 e. The fourth-order valence-electron chi connectivity index (χ4n) is 7.03. The number of hydrogen-bond donors (Lipinski definition) is 4. The second kappa shape index (κ2) is 9.16. The molecule has 2 aliphatic carbocycles. The summed E-state index contributed by atoms with van der Waals surface area (Å²) in [7, 11) is 1.58. The van der Waals surface area contributed by atoms with E-state index in [1.807, 2.05) is 18.2 Å². The van der Waals surface area contributed by atoms with E-state index < -0.39 is 30.4 Å². The van der Waals surface area contributed by atoms with Gasteiger partial charge in [0.05, 0.1) is 13.2 Å². The molecule has 2 aromatic rings. The van der Waals surface area contributed by atoms with Crippen LogP contribution >= 0.6 is 0 Å². The van der Waals surface area contributed by atoms with Crippen molar-refractivity contribution >= 4 is 34.4 Å². The fourth-order valence-corrected chi connectivity index (χ4v) is 7.03. The number of aliphatic hydroxyl groups is 1. The first-order valence-electron chi connectivity index (χ1n) is 13.1. The summed E-state index contributed by atoms with van der Waals surface area (Å²) in [6.07, 6.45) is 2.75. The number of nitrogens with zero attached hydrogens (tertiary/aromatic N) is 1. The normalized spacial score (nSPS) is 30.5. The zero-order valence-corrected chi connectivity index (χ0v) is 20.7. The first kappa shape index (κ1) is 24.0. The predicted octanol–water partition coefficient (Wildman–Crippen LogP) is 0.846. The number of likely N-dealkylation sites (tertiary alicyclic amines) is 1. The number of H-pyrrole nitrogens is 1. The van der Waals surface area contributed by atoms with E-state index in [4.69, 9.17) is 4.74 Å². The molecular weight excluding hydrogens is 476 g/mol. The number of aliphatic hydroxyl groups excluding tert-OH is 1. The Hall–Kier alpha value is -3.40. The highest BCUT2D eigenvalue weighted by molar-refractivity contribution is 6.02. The van der Waals surface area contributed by atoms with Crippen molar-refractivity contribution in [3.63, 3.8) is 0 Å². The number of aromatic nitrogens is 1. The van der Waals surface area contributed by atoms with Gasteiger partial charge in [-0.3, -0.25) is 19.2 Å². The molecule has 7 atom stereocenters. The molecule has 1 aromatic carbocycles. The molecule has 0 spiro atoms. The van der Waals surface area contributed by atoms with E-state index in [0.29, 0.717) is 42.8 Å². The maximum atomic E-state index is 13.8. The van der Waals surface area contributed by atoms with Crippen molar-refractivity contribution < 1.29 is 29.0 Å². The Bertz CT molecular complexity index is 1270. The summed E-state index contributed by atoms with van der Waals surface area (Å²) in [4.78, 5) is 57.0. The highest BCUT2D eigenvalue weighted by Crippen LogP contribution is 2.62. The molecule has 10 nitrogen and oxygen atoms in total. The Kier molecular flexibility index (Phi) is 5.94. The number of carbonyl (C=O) groups is 4. The number of benzene rings is 1. The summed E-state index contributed by atoms with van der Waals surface area (Å²) < 4.78 is 5.43. The van der Waals surface area contributed by atoms with Crippen LogP contribution in [0.1, 0.15) is 36.2 Å². The average molecular weight is 509 g/mol. The lowest BCUT2D eigenvalue weighted by molar-refractivity contribution is -0.133. The first-order chi connectivity index (χ1) is 17.9. The number of fused-ring (bicyclic) bond motifs is 4. The molecule has 196 valence electrons. The maximum Gasteiger partial charge on any atom is 0.271 e. The van der Waals surface area contributed by atoms with Gasteiger partial charge in [-0.25, -0.2) is 0 Å². The zero-order chi connectivity index (χ0) is 25.8. The van der Waals surface area contributed by atoms with Crippen LogP contribution in [0.15, 0.2) is 24.3 Å². The van der Waals surface area contributed by atoms with E-state index in [1.54, 1.807) is 18.1 Å². The van der Waals surface area contributed by atoms with Crippen LogP contribution in [0.3, 0.4) is 0 Å². The molecule has 0 bridgehead atoms. The number of hydrogen-bond acceptors (Lipinski definition) is 6. The average Bonchev–Trinajstić information content (AvgIpc) is 3.25. The number of Topliss-reactive ketones (excluding diaryl/α,β-unsaturated/α-hetero) is 1. The van der Waals surface area contributed by atoms with Crippen LogP contribution in [0.2, 0.25) is 0 Å². The number of amides is 3. The van der Waals surface area contributed by atoms with Crippen molar-refractivity contribution in [3.8, 4) is 5.75 Å². The Morgan fingerprint density at radius 3 is 2.76 bits per heavy atom. The second-order valence-electron chi connectivity index (χ2n) is 10.9. The van der Waals surface area contributed by atoms with Crippen molar-refractivity contribution in [3.05, 3.63) is 30.0 Å². The van der Waals surface area contributed by atoms with Gasteiger partial charge in [0.15, 0.2) is 5.78 Å². The molecule has 10 heteroatoms. The van der Waals surface area contributed by atoms with E-state index >= 15 is 0 Å². The molecule has 6 rings (SSSR count). The highest BCUT2D eigenvalue weighted by Gasteiger charge is 2.62. The number of ketones is 1. The molecular formula is C27H32N4O6. The molecule has 4 aliphatic rings.